The normalized spacial score (nSPS) is 12.2. The maximum Gasteiger partial charge on any atom is 0.244 e. The van der Waals surface area contributed by atoms with Crippen LogP contribution < -0.4 is 9.62 Å². The molecule has 0 aliphatic rings. The Morgan fingerprint density at radius 2 is 1.66 bits per heavy atom. The van der Waals surface area contributed by atoms with Crippen molar-refractivity contribution < 1.29 is 18.0 Å². The Bertz CT molecular complexity index is 1040. The average Bonchev–Trinajstić information content (AvgIpc) is 2.77. The van der Waals surface area contributed by atoms with Crippen molar-refractivity contribution in [2.24, 2.45) is 0 Å². The number of sulfonamides is 1. The molecule has 0 heterocycles. The maximum atomic E-state index is 13.5. The average molecular weight is 460 g/mol. The van der Waals surface area contributed by atoms with Crippen molar-refractivity contribution in [2.45, 2.75) is 46.2 Å². The third-order valence-electron chi connectivity index (χ3n) is 5.43. The van der Waals surface area contributed by atoms with Gasteiger partial charge in [0.25, 0.3) is 0 Å². The van der Waals surface area contributed by atoms with Crippen LogP contribution in [0.3, 0.4) is 0 Å². The number of carbonyl (C=O) groups excluding carboxylic acids is 2. The van der Waals surface area contributed by atoms with Gasteiger partial charge in [-0.25, -0.2) is 8.42 Å². The second-order valence-corrected chi connectivity index (χ2v) is 9.70. The lowest BCUT2D eigenvalue weighted by Gasteiger charge is -2.33. The van der Waals surface area contributed by atoms with E-state index in [0.29, 0.717) is 18.5 Å². The summed E-state index contributed by atoms with van der Waals surface area (Å²) in [6.45, 7) is 5.56. The number of benzene rings is 2. The van der Waals surface area contributed by atoms with E-state index in [4.69, 9.17) is 0 Å². The van der Waals surface area contributed by atoms with E-state index in [-0.39, 0.29) is 19.0 Å². The van der Waals surface area contributed by atoms with Crippen LogP contribution in [0.1, 0.15) is 37.0 Å². The Morgan fingerprint density at radius 3 is 2.19 bits per heavy atom. The van der Waals surface area contributed by atoms with E-state index in [9.17, 15) is 18.0 Å². The van der Waals surface area contributed by atoms with Crippen LogP contribution in [0.5, 0.6) is 0 Å². The zero-order chi connectivity index (χ0) is 23.9. The van der Waals surface area contributed by atoms with Crippen molar-refractivity contribution in [2.75, 3.05) is 24.2 Å². The highest BCUT2D eigenvalue weighted by Gasteiger charge is 2.31. The van der Waals surface area contributed by atoms with Gasteiger partial charge in [-0.15, -0.1) is 0 Å². The zero-order valence-electron chi connectivity index (χ0n) is 19.5. The Balaban J connectivity index is 2.45. The first-order chi connectivity index (χ1) is 15.1. The summed E-state index contributed by atoms with van der Waals surface area (Å²) in [7, 11) is -2.20. The van der Waals surface area contributed by atoms with Gasteiger partial charge in [-0.1, -0.05) is 61.9 Å². The summed E-state index contributed by atoms with van der Waals surface area (Å²) < 4.78 is 26.5. The molecule has 0 radical (unpaired) electrons. The molecule has 0 aliphatic heterocycles. The summed E-state index contributed by atoms with van der Waals surface area (Å²) in [5, 5.41) is 2.62. The van der Waals surface area contributed by atoms with Crippen molar-refractivity contribution >= 4 is 27.5 Å². The van der Waals surface area contributed by atoms with Crippen LogP contribution in [0.4, 0.5) is 5.69 Å². The van der Waals surface area contributed by atoms with Gasteiger partial charge in [-0.05, 0) is 37.0 Å². The molecule has 0 saturated carbocycles. The summed E-state index contributed by atoms with van der Waals surface area (Å²) in [6.07, 6.45) is 2.12. The molecule has 7 nitrogen and oxygen atoms in total. The molecule has 0 unspecified atom stereocenters. The number of nitrogens with zero attached hydrogens (tertiary/aromatic N) is 2. The third kappa shape index (κ3) is 6.32. The number of anilines is 1. The molecule has 32 heavy (non-hydrogen) atoms. The fourth-order valence-electron chi connectivity index (χ4n) is 3.62. The molecule has 0 aliphatic carbocycles. The van der Waals surface area contributed by atoms with Crippen LogP contribution in [-0.4, -0.2) is 51.0 Å². The molecule has 2 amide bonds. The van der Waals surface area contributed by atoms with Gasteiger partial charge in [-0.3, -0.25) is 13.9 Å². The quantitative estimate of drug-likeness (QED) is 0.592. The van der Waals surface area contributed by atoms with Crippen LogP contribution in [-0.2, 0) is 32.6 Å². The number of nitrogens with one attached hydrogen (secondary N) is 1. The number of aryl methyl sites for hydroxylation is 2. The fraction of sp³-hybridized carbons (Fsp3) is 0.417. The van der Waals surface area contributed by atoms with Gasteiger partial charge in [-0.2, -0.15) is 0 Å². The number of amides is 2. The minimum Gasteiger partial charge on any atom is -0.357 e. The number of likely N-dealkylation sites (N-methyl/N-ethyl adjacent to an activating group) is 1. The van der Waals surface area contributed by atoms with Gasteiger partial charge in [0.1, 0.15) is 12.6 Å². The summed E-state index contributed by atoms with van der Waals surface area (Å²) in [4.78, 5) is 27.5. The molecule has 2 aromatic carbocycles. The highest BCUT2D eigenvalue weighted by Crippen LogP contribution is 2.24. The van der Waals surface area contributed by atoms with E-state index in [1.807, 2.05) is 57.2 Å². The molecule has 2 rings (SSSR count). The van der Waals surface area contributed by atoms with Crippen LogP contribution in [0.2, 0.25) is 0 Å². The fourth-order valence-corrected chi connectivity index (χ4v) is 4.50. The van der Waals surface area contributed by atoms with Gasteiger partial charge in [0.15, 0.2) is 0 Å². The Morgan fingerprint density at radius 1 is 1.03 bits per heavy atom. The molecule has 0 spiro atoms. The number of hydrogen-bond acceptors (Lipinski definition) is 4. The number of rotatable bonds is 10. The molecule has 2 aromatic rings. The lowest BCUT2D eigenvalue weighted by atomic mass is 10.1. The van der Waals surface area contributed by atoms with Gasteiger partial charge in [0.05, 0.1) is 11.9 Å². The second kappa shape index (κ2) is 11.1. The standard InChI is InChI=1S/C24H33N3O4S/c1-6-20-10-8-9-11-22(20)27(32(5,30)31)17-23(28)26(21(7-2)24(29)25-4)16-19-14-12-18(3)13-15-19/h8-15,21H,6-7,16-17H2,1-5H3,(H,25,29)/t21-/m1/s1. The minimum absolute atomic E-state index is 0.206. The zero-order valence-corrected chi connectivity index (χ0v) is 20.3. The Hall–Kier alpha value is -2.87. The van der Waals surface area contributed by atoms with Crippen molar-refractivity contribution in [1.29, 1.82) is 0 Å². The topological polar surface area (TPSA) is 86.8 Å². The van der Waals surface area contributed by atoms with Crippen LogP contribution in [0.15, 0.2) is 48.5 Å². The molecule has 0 aromatic heterocycles. The molecule has 1 atom stereocenters. The SMILES string of the molecule is CCc1ccccc1N(CC(=O)N(Cc1ccc(C)cc1)[C@H](CC)C(=O)NC)S(C)(=O)=O. The van der Waals surface area contributed by atoms with Crippen molar-refractivity contribution in [3.63, 3.8) is 0 Å². The highest BCUT2D eigenvalue weighted by atomic mass is 32.2. The molecule has 8 heteroatoms. The van der Waals surface area contributed by atoms with Crippen molar-refractivity contribution in [3.05, 3.63) is 65.2 Å². The number of carbonyl (C=O) groups is 2. The first-order valence-corrected chi connectivity index (χ1v) is 12.6. The first kappa shape index (κ1) is 25.4. The summed E-state index contributed by atoms with van der Waals surface area (Å²) >= 11 is 0. The van der Waals surface area contributed by atoms with Crippen molar-refractivity contribution in [3.8, 4) is 0 Å². The van der Waals surface area contributed by atoms with Crippen LogP contribution in [0.25, 0.3) is 0 Å². The predicted octanol–water partition coefficient (Wildman–Crippen LogP) is 2.88. The Labute approximate surface area is 191 Å². The number of hydrogen-bond donors (Lipinski definition) is 1. The molecular weight excluding hydrogens is 426 g/mol. The van der Waals surface area contributed by atoms with Crippen LogP contribution >= 0.6 is 0 Å². The monoisotopic (exact) mass is 459 g/mol. The minimum atomic E-state index is -3.73. The maximum absolute atomic E-state index is 13.5. The van der Waals surface area contributed by atoms with E-state index < -0.39 is 22.0 Å². The smallest absolute Gasteiger partial charge is 0.244 e. The molecule has 0 saturated heterocycles. The summed E-state index contributed by atoms with van der Waals surface area (Å²) in [5.74, 6) is -0.717. The van der Waals surface area contributed by atoms with E-state index in [1.54, 1.807) is 12.1 Å². The lowest BCUT2D eigenvalue weighted by Crippen LogP contribution is -2.51. The largest absolute Gasteiger partial charge is 0.357 e. The molecule has 1 N–H and O–H groups in total. The first-order valence-electron chi connectivity index (χ1n) is 10.7. The Kier molecular flexibility index (Phi) is 8.83. The molecule has 0 bridgehead atoms. The third-order valence-corrected chi connectivity index (χ3v) is 6.55. The van der Waals surface area contributed by atoms with E-state index in [1.165, 1.54) is 11.9 Å². The van der Waals surface area contributed by atoms with Gasteiger partial charge >= 0.3 is 0 Å². The lowest BCUT2D eigenvalue weighted by molar-refractivity contribution is -0.140. The molecule has 174 valence electrons. The van der Waals surface area contributed by atoms with Gasteiger partial charge in [0.2, 0.25) is 21.8 Å². The summed E-state index contributed by atoms with van der Waals surface area (Å²) in [6, 6.07) is 14.1. The number of para-hydroxylation sites is 1. The highest BCUT2D eigenvalue weighted by molar-refractivity contribution is 7.92. The van der Waals surface area contributed by atoms with E-state index in [2.05, 4.69) is 5.32 Å². The van der Waals surface area contributed by atoms with Gasteiger partial charge in [0, 0.05) is 13.6 Å². The van der Waals surface area contributed by atoms with Crippen molar-refractivity contribution in [1.82, 2.24) is 10.2 Å². The second-order valence-electron chi connectivity index (χ2n) is 7.80. The van der Waals surface area contributed by atoms with E-state index >= 15 is 0 Å². The predicted molar refractivity (Wildman–Crippen MR) is 128 cm³/mol. The molecular formula is C24H33N3O4S. The molecule has 0 fully saturated rings. The van der Waals surface area contributed by atoms with E-state index in [0.717, 1.165) is 27.3 Å². The van der Waals surface area contributed by atoms with Gasteiger partial charge < -0.3 is 10.2 Å². The summed E-state index contributed by atoms with van der Waals surface area (Å²) in [5.41, 5.74) is 3.26. The van der Waals surface area contributed by atoms with Crippen LogP contribution in [0, 0.1) is 6.92 Å².